The van der Waals surface area contributed by atoms with E-state index in [1.165, 1.54) is 5.56 Å². The van der Waals surface area contributed by atoms with E-state index in [9.17, 15) is 0 Å². The van der Waals surface area contributed by atoms with Crippen LogP contribution >= 0.6 is 0 Å². The van der Waals surface area contributed by atoms with Crippen molar-refractivity contribution in [2.75, 3.05) is 40.5 Å². The molecule has 4 heteroatoms. The van der Waals surface area contributed by atoms with E-state index in [1.807, 2.05) is 6.07 Å². The second-order valence-electron chi connectivity index (χ2n) is 5.04. The summed E-state index contributed by atoms with van der Waals surface area (Å²) in [7, 11) is 3.48. The van der Waals surface area contributed by atoms with Crippen LogP contribution in [-0.4, -0.2) is 51.5 Å². The normalized spacial score (nSPS) is 14.4. The second kappa shape index (κ2) is 9.88. The Hall–Kier alpha value is -0.940. The number of nitrogens with zero attached hydrogens (tertiary/aromatic N) is 1. The summed E-state index contributed by atoms with van der Waals surface area (Å²) in [5.74, 6) is 0. The zero-order chi connectivity index (χ0) is 14.8. The first kappa shape index (κ1) is 17.1. The van der Waals surface area contributed by atoms with Crippen molar-refractivity contribution >= 4 is 0 Å². The highest BCUT2D eigenvalue weighted by atomic mass is 16.5. The summed E-state index contributed by atoms with van der Waals surface area (Å²) in [4.78, 5) is 2.43. The highest BCUT2D eigenvalue weighted by Crippen LogP contribution is 2.25. The van der Waals surface area contributed by atoms with Crippen LogP contribution in [0.1, 0.15) is 24.9 Å². The van der Waals surface area contributed by atoms with Gasteiger partial charge in [0, 0.05) is 32.8 Å². The quantitative estimate of drug-likeness (QED) is 0.712. The van der Waals surface area contributed by atoms with Crippen LogP contribution in [0.5, 0.6) is 0 Å². The summed E-state index contributed by atoms with van der Waals surface area (Å²) in [6, 6.07) is 11.2. The molecule has 0 bridgehead atoms. The minimum absolute atomic E-state index is 0.307. The van der Waals surface area contributed by atoms with E-state index < -0.39 is 0 Å². The molecule has 2 N–H and O–H groups in total. The van der Waals surface area contributed by atoms with Crippen molar-refractivity contribution in [2.45, 2.75) is 25.4 Å². The predicted octanol–water partition coefficient (Wildman–Crippen LogP) is 2.06. The predicted molar refractivity (Wildman–Crippen MR) is 82.8 cm³/mol. The van der Waals surface area contributed by atoms with Crippen LogP contribution in [-0.2, 0) is 9.47 Å². The molecule has 1 aromatic carbocycles. The fourth-order valence-corrected chi connectivity index (χ4v) is 2.57. The number of ether oxygens (including phenoxy) is 2. The van der Waals surface area contributed by atoms with Crippen molar-refractivity contribution in [1.82, 2.24) is 4.90 Å². The molecule has 0 aliphatic carbocycles. The first-order valence-electron chi connectivity index (χ1n) is 7.23. The maximum Gasteiger partial charge on any atom is 0.0615 e. The Morgan fingerprint density at radius 2 is 1.85 bits per heavy atom. The van der Waals surface area contributed by atoms with E-state index >= 15 is 0 Å². The van der Waals surface area contributed by atoms with E-state index in [0.29, 0.717) is 31.8 Å². The van der Waals surface area contributed by atoms with E-state index in [4.69, 9.17) is 15.2 Å². The molecule has 0 spiro atoms. The summed E-state index contributed by atoms with van der Waals surface area (Å²) in [6.45, 7) is 5.15. The van der Waals surface area contributed by atoms with Crippen molar-refractivity contribution in [3.05, 3.63) is 35.9 Å². The molecule has 0 aliphatic heterocycles. The van der Waals surface area contributed by atoms with E-state index in [-0.39, 0.29) is 0 Å². The lowest BCUT2D eigenvalue weighted by molar-refractivity contribution is 0.0444. The summed E-state index contributed by atoms with van der Waals surface area (Å²) in [5.41, 5.74) is 7.12. The molecule has 20 heavy (non-hydrogen) atoms. The van der Waals surface area contributed by atoms with Gasteiger partial charge in [0.25, 0.3) is 0 Å². The molecule has 114 valence electrons. The zero-order valence-corrected chi connectivity index (χ0v) is 12.9. The molecule has 0 saturated heterocycles. The standard InChI is InChI=1S/C16H28N2O2/c1-14(13-20-3)18(11-12-19-2)16(9-10-17)15-7-5-4-6-8-15/h4-8,14,16H,9-13,17H2,1-3H3. The maximum atomic E-state index is 5.82. The first-order chi connectivity index (χ1) is 9.74. The molecular formula is C16H28N2O2. The summed E-state index contributed by atoms with van der Waals surface area (Å²) in [5, 5.41) is 0. The van der Waals surface area contributed by atoms with Crippen LogP contribution in [0.2, 0.25) is 0 Å². The van der Waals surface area contributed by atoms with E-state index in [0.717, 1.165) is 13.0 Å². The van der Waals surface area contributed by atoms with E-state index in [2.05, 4.69) is 36.1 Å². The summed E-state index contributed by atoms with van der Waals surface area (Å²) >= 11 is 0. The molecule has 0 radical (unpaired) electrons. The largest absolute Gasteiger partial charge is 0.383 e. The number of hydrogen-bond donors (Lipinski definition) is 1. The number of benzene rings is 1. The molecular weight excluding hydrogens is 252 g/mol. The van der Waals surface area contributed by atoms with Gasteiger partial charge in [0.1, 0.15) is 0 Å². The molecule has 0 amide bonds. The second-order valence-corrected chi connectivity index (χ2v) is 5.04. The third kappa shape index (κ3) is 5.21. The molecule has 4 nitrogen and oxygen atoms in total. The first-order valence-corrected chi connectivity index (χ1v) is 7.23. The fraction of sp³-hybridized carbons (Fsp3) is 0.625. The topological polar surface area (TPSA) is 47.7 Å². The number of hydrogen-bond acceptors (Lipinski definition) is 4. The van der Waals surface area contributed by atoms with Gasteiger partial charge < -0.3 is 15.2 Å². The van der Waals surface area contributed by atoms with Gasteiger partial charge in [0.2, 0.25) is 0 Å². The van der Waals surface area contributed by atoms with Gasteiger partial charge >= 0.3 is 0 Å². The average molecular weight is 280 g/mol. The third-order valence-electron chi connectivity index (χ3n) is 3.55. The molecule has 0 saturated carbocycles. The lowest BCUT2D eigenvalue weighted by Gasteiger charge is -2.36. The van der Waals surface area contributed by atoms with Crippen molar-refractivity contribution in [3.8, 4) is 0 Å². The Balaban J connectivity index is 2.91. The Morgan fingerprint density at radius 1 is 1.15 bits per heavy atom. The lowest BCUT2D eigenvalue weighted by atomic mass is 10.0. The van der Waals surface area contributed by atoms with Crippen LogP contribution < -0.4 is 5.73 Å². The smallest absolute Gasteiger partial charge is 0.0615 e. The van der Waals surface area contributed by atoms with Gasteiger partial charge in [-0.25, -0.2) is 0 Å². The van der Waals surface area contributed by atoms with Crippen LogP contribution in [0.25, 0.3) is 0 Å². The van der Waals surface area contributed by atoms with Crippen LogP contribution in [0.3, 0.4) is 0 Å². The number of nitrogens with two attached hydrogens (primary N) is 1. The monoisotopic (exact) mass is 280 g/mol. The Bertz CT molecular complexity index is 346. The van der Waals surface area contributed by atoms with Gasteiger partial charge in [-0.2, -0.15) is 0 Å². The Morgan fingerprint density at radius 3 is 2.40 bits per heavy atom. The molecule has 2 unspecified atom stereocenters. The highest BCUT2D eigenvalue weighted by molar-refractivity contribution is 5.19. The molecule has 0 aliphatic rings. The van der Waals surface area contributed by atoms with E-state index in [1.54, 1.807) is 14.2 Å². The molecule has 1 aromatic rings. The molecule has 0 fully saturated rings. The average Bonchev–Trinajstić information content (AvgIpc) is 2.47. The zero-order valence-electron chi connectivity index (χ0n) is 12.9. The van der Waals surface area contributed by atoms with Gasteiger partial charge in [-0.05, 0) is 25.5 Å². The molecule has 2 atom stereocenters. The number of rotatable bonds is 10. The summed E-state index contributed by atoms with van der Waals surface area (Å²) in [6.07, 6.45) is 0.932. The fourth-order valence-electron chi connectivity index (χ4n) is 2.57. The van der Waals surface area contributed by atoms with Gasteiger partial charge in [0.05, 0.1) is 13.2 Å². The van der Waals surface area contributed by atoms with Gasteiger partial charge in [-0.1, -0.05) is 30.3 Å². The number of methoxy groups -OCH3 is 2. The Labute approximate surface area is 122 Å². The SMILES string of the molecule is COCCN(C(C)COC)C(CCN)c1ccccc1. The van der Waals surface area contributed by atoms with Gasteiger partial charge in [0.15, 0.2) is 0 Å². The van der Waals surface area contributed by atoms with Gasteiger partial charge in [-0.3, -0.25) is 4.90 Å². The van der Waals surface area contributed by atoms with Crippen molar-refractivity contribution in [3.63, 3.8) is 0 Å². The van der Waals surface area contributed by atoms with Crippen molar-refractivity contribution in [2.24, 2.45) is 5.73 Å². The Kier molecular flexibility index (Phi) is 8.46. The van der Waals surface area contributed by atoms with Crippen LogP contribution in [0, 0.1) is 0 Å². The highest BCUT2D eigenvalue weighted by Gasteiger charge is 2.24. The minimum atomic E-state index is 0.307. The maximum absolute atomic E-state index is 5.82. The van der Waals surface area contributed by atoms with Crippen LogP contribution in [0.15, 0.2) is 30.3 Å². The molecule has 0 aromatic heterocycles. The molecule has 1 rings (SSSR count). The van der Waals surface area contributed by atoms with Crippen LogP contribution in [0.4, 0.5) is 0 Å². The summed E-state index contributed by atoms with van der Waals surface area (Å²) < 4.78 is 10.6. The third-order valence-corrected chi connectivity index (χ3v) is 3.55. The lowest BCUT2D eigenvalue weighted by Crippen LogP contribution is -2.42. The van der Waals surface area contributed by atoms with Crippen molar-refractivity contribution in [1.29, 1.82) is 0 Å². The minimum Gasteiger partial charge on any atom is -0.383 e. The van der Waals surface area contributed by atoms with Gasteiger partial charge in [-0.15, -0.1) is 0 Å². The van der Waals surface area contributed by atoms with Crippen molar-refractivity contribution < 1.29 is 9.47 Å². The molecule has 0 heterocycles.